The third-order valence-corrected chi connectivity index (χ3v) is 3.93. The zero-order valence-corrected chi connectivity index (χ0v) is 13.7. The van der Waals surface area contributed by atoms with Gasteiger partial charge in [-0.05, 0) is 5.56 Å². The van der Waals surface area contributed by atoms with Crippen molar-refractivity contribution in [3.05, 3.63) is 92.7 Å². The van der Waals surface area contributed by atoms with Crippen molar-refractivity contribution >= 4 is 5.69 Å². The van der Waals surface area contributed by atoms with E-state index in [0.29, 0.717) is 0 Å². The molecule has 0 aliphatic rings. The first-order valence-electron chi connectivity index (χ1n) is 7.54. The van der Waals surface area contributed by atoms with Crippen LogP contribution in [0, 0.1) is 10.1 Å². The van der Waals surface area contributed by atoms with Gasteiger partial charge < -0.3 is 10.2 Å². The van der Waals surface area contributed by atoms with Crippen molar-refractivity contribution < 1.29 is 15.1 Å². The summed E-state index contributed by atoms with van der Waals surface area (Å²) in [4.78, 5) is 65.1. The number of aromatic hydroxyl groups is 2. The third kappa shape index (κ3) is 3.18. The monoisotopic (exact) mass is 389 g/mol. The van der Waals surface area contributed by atoms with Gasteiger partial charge in [0.2, 0.25) is 11.8 Å². The second-order valence-electron chi connectivity index (χ2n) is 5.62. The third-order valence-electron chi connectivity index (χ3n) is 3.93. The van der Waals surface area contributed by atoms with E-state index in [2.05, 4.69) is 0 Å². The molecular formula is C15H11N5O8. The number of hydrogen-bond acceptors (Lipinski definition) is 8. The lowest BCUT2D eigenvalue weighted by atomic mass is 9.87. The highest BCUT2D eigenvalue weighted by molar-refractivity contribution is 5.49. The van der Waals surface area contributed by atoms with E-state index in [4.69, 9.17) is 0 Å². The molecule has 0 atom stereocenters. The highest BCUT2D eigenvalue weighted by Crippen LogP contribution is 2.35. The largest absolute Gasteiger partial charge is 0.494 e. The molecule has 0 aliphatic carbocycles. The molecule has 13 nitrogen and oxygen atoms in total. The number of H-pyrrole nitrogens is 4. The predicted octanol–water partition coefficient (Wildman–Crippen LogP) is -1.06. The molecule has 2 heterocycles. The number of nitro groups is 1. The fourth-order valence-electron chi connectivity index (χ4n) is 2.77. The summed E-state index contributed by atoms with van der Waals surface area (Å²) < 4.78 is 0. The van der Waals surface area contributed by atoms with Crippen molar-refractivity contribution in [3.63, 3.8) is 0 Å². The van der Waals surface area contributed by atoms with Crippen LogP contribution >= 0.6 is 0 Å². The Morgan fingerprint density at radius 2 is 1.21 bits per heavy atom. The quantitative estimate of drug-likeness (QED) is 0.238. The normalized spacial score (nSPS) is 10.9. The Bertz CT molecular complexity index is 1220. The van der Waals surface area contributed by atoms with Gasteiger partial charge in [0, 0.05) is 12.1 Å². The molecule has 28 heavy (non-hydrogen) atoms. The Hall–Kier alpha value is -4.42. The summed E-state index contributed by atoms with van der Waals surface area (Å²) in [6.07, 6.45) is 0. The number of rotatable bonds is 4. The Morgan fingerprint density at radius 3 is 1.57 bits per heavy atom. The Morgan fingerprint density at radius 1 is 0.786 bits per heavy atom. The van der Waals surface area contributed by atoms with Crippen molar-refractivity contribution in [1.29, 1.82) is 0 Å². The van der Waals surface area contributed by atoms with Crippen LogP contribution in [0.4, 0.5) is 5.69 Å². The van der Waals surface area contributed by atoms with Gasteiger partial charge in [0.05, 0.1) is 22.0 Å². The van der Waals surface area contributed by atoms with E-state index in [-0.39, 0.29) is 11.3 Å². The molecule has 13 heteroatoms. The molecule has 0 unspecified atom stereocenters. The van der Waals surface area contributed by atoms with Gasteiger partial charge in [-0.15, -0.1) is 0 Å². The van der Waals surface area contributed by atoms with Crippen LogP contribution < -0.4 is 22.5 Å². The number of nitro benzene ring substituents is 1. The van der Waals surface area contributed by atoms with Crippen LogP contribution in [0.2, 0.25) is 0 Å². The van der Waals surface area contributed by atoms with Crippen molar-refractivity contribution in [3.8, 4) is 11.8 Å². The van der Waals surface area contributed by atoms with Gasteiger partial charge in [0.25, 0.3) is 16.8 Å². The fraction of sp³-hybridized carbons (Fsp3) is 0.0667. The van der Waals surface area contributed by atoms with E-state index in [1.807, 2.05) is 19.9 Å². The molecule has 1 aromatic carbocycles. The van der Waals surface area contributed by atoms with E-state index >= 15 is 0 Å². The fourth-order valence-corrected chi connectivity index (χ4v) is 2.77. The molecule has 0 bridgehead atoms. The summed E-state index contributed by atoms with van der Waals surface area (Å²) in [5.41, 5.74) is -5.46. The maximum absolute atomic E-state index is 12.3. The predicted molar refractivity (Wildman–Crippen MR) is 92.7 cm³/mol. The van der Waals surface area contributed by atoms with E-state index in [9.17, 15) is 39.5 Å². The first kappa shape index (κ1) is 18.4. The van der Waals surface area contributed by atoms with Crippen LogP contribution in [0.25, 0.3) is 0 Å². The summed E-state index contributed by atoms with van der Waals surface area (Å²) >= 11 is 0. The molecule has 0 amide bonds. The van der Waals surface area contributed by atoms with E-state index in [0.717, 1.165) is 12.1 Å². The standard InChI is InChI=1S/C15H11N5O8/c21-10-8(11(22)17-14(25)16-10)7(5-1-3-6(4-2-5)20(27)28)9-12(23)18-15(26)19-13(9)24/h1-4,7H,(H3,16,17,21,22,25)(H3,18,19,23,24,26). The van der Waals surface area contributed by atoms with Crippen LogP contribution in [0.3, 0.4) is 0 Å². The lowest BCUT2D eigenvalue weighted by Crippen LogP contribution is -2.32. The van der Waals surface area contributed by atoms with Crippen molar-refractivity contribution in [1.82, 2.24) is 19.9 Å². The van der Waals surface area contributed by atoms with Crippen LogP contribution in [-0.4, -0.2) is 35.1 Å². The zero-order valence-electron chi connectivity index (χ0n) is 13.7. The minimum absolute atomic E-state index is 0.0753. The number of aromatic nitrogens is 4. The minimum atomic E-state index is -1.48. The Kier molecular flexibility index (Phi) is 4.40. The maximum Gasteiger partial charge on any atom is 0.328 e. The number of benzene rings is 1. The van der Waals surface area contributed by atoms with Gasteiger partial charge in [-0.3, -0.25) is 39.6 Å². The molecule has 0 fully saturated rings. The Balaban J connectivity index is 2.38. The average Bonchev–Trinajstić information content (AvgIpc) is 2.58. The topological polar surface area (TPSA) is 215 Å². The highest BCUT2D eigenvalue weighted by Gasteiger charge is 2.30. The first-order valence-corrected chi connectivity index (χ1v) is 7.54. The molecular weight excluding hydrogens is 378 g/mol. The summed E-state index contributed by atoms with van der Waals surface area (Å²) in [6, 6.07) is 4.54. The van der Waals surface area contributed by atoms with Gasteiger partial charge in [0.1, 0.15) is 0 Å². The molecule has 0 aliphatic heterocycles. The van der Waals surface area contributed by atoms with Gasteiger partial charge >= 0.3 is 11.4 Å². The summed E-state index contributed by atoms with van der Waals surface area (Å²) in [7, 11) is 0. The average molecular weight is 389 g/mol. The van der Waals surface area contributed by atoms with Crippen molar-refractivity contribution in [2.24, 2.45) is 0 Å². The van der Waals surface area contributed by atoms with Gasteiger partial charge in [-0.2, -0.15) is 0 Å². The van der Waals surface area contributed by atoms with Crippen molar-refractivity contribution in [2.45, 2.75) is 5.92 Å². The maximum atomic E-state index is 12.3. The molecule has 3 rings (SSSR count). The highest BCUT2D eigenvalue weighted by atomic mass is 16.6. The number of non-ortho nitro benzene ring substituents is 1. The van der Waals surface area contributed by atoms with E-state index < -0.39 is 56.2 Å². The van der Waals surface area contributed by atoms with Gasteiger partial charge in [-0.25, -0.2) is 9.59 Å². The van der Waals surface area contributed by atoms with Crippen molar-refractivity contribution in [2.75, 3.05) is 0 Å². The molecule has 0 saturated heterocycles. The summed E-state index contributed by atoms with van der Waals surface area (Å²) in [6.45, 7) is 0. The van der Waals surface area contributed by atoms with E-state index in [1.165, 1.54) is 12.1 Å². The summed E-state index contributed by atoms with van der Waals surface area (Å²) in [5, 5.41) is 31.0. The molecule has 144 valence electrons. The van der Waals surface area contributed by atoms with Crippen LogP contribution in [0.1, 0.15) is 22.6 Å². The van der Waals surface area contributed by atoms with E-state index in [1.54, 1.807) is 0 Å². The van der Waals surface area contributed by atoms with Gasteiger partial charge in [-0.1, -0.05) is 12.1 Å². The number of nitrogens with one attached hydrogen (secondary N) is 4. The number of nitrogens with zero attached hydrogens (tertiary/aromatic N) is 1. The first-order chi connectivity index (χ1) is 13.2. The van der Waals surface area contributed by atoms with Crippen LogP contribution in [0.15, 0.2) is 43.4 Å². The lowest BCUT2D eigenvalue weighted by molar-refractivity contribution is -0.384. The molecule has 0 saturated carbocycles. The number of aromatic amines is 4. The van der Waals surface area contributed by atoms with Gasteiger partial charge in [0.15, 0.2) is 0 Å². The summed E-state index contributed by atoms with van der Waals surface area (Å²) in [5.74, 6) is -3.26. The lowest BCUT2D eigenvalue weighted by Gasteiger charge is -2.18. The molecule has 2 aromatic heterocycles. The Labute approximate surface area is 152 Å². The molecule has 0 spiro atoms. The number of hydrogen-bond donors (Lipinski definition) is 6. The minimum Gasteiger partial charge on any atom is -0.494 e. The molecule has 6 N–H and O–H groups in total. The van der Waals surface area contributed by atoms with Crippen LogP contribution in [-0.2, 0) is 0 Å². The second kappa shape index (κ2) is 6.71. The smallest absolute Gasteiger partial charge is 0.328 e. The van der Waals surface area contributed by atoms with Crippen LogP contribution in [0.5, 0.6) is 11.8 Å². The zero-order chi connectivity index (χ0) is 20.6. The molecule has 0 radical (unpaired) electrons. The second-order valence-corrected chi connectivity index (χ2v) is 5.62. The SMILES string of the molecule is O=c1[nH]c(O)c(C(c2ccc([N+](=O)[O-])cc2)c2c(O)[nH]c(=O)[nH]c2=O)c(=O)[nH]1. The molecule has 3 aromatic rings.